The lowest BCUT2D eigenvalue weighted by Crippen LogP contribution is -2.48. The van der Waals surface area contributed by atoms with E-state index in [1.165, 1.54) is 27.8 Å². The summed E-state index contributed by atoms with van der Waals surface area (Å²) in [6, 6.07) is 43.9. The quantitative estimate of drug-likeness (QED) is 0.189. The molecule has 6 nitrogen and oxygen atoms in total. The molecule has 7 rings (SSSR count). The van der Waals surface area contributed by atoms with Gasteiger partial charge < -0.3 is 15.1 Å². The number of anilines is 2. The van der Waals surface area contributed by atoms with Gasteiger partial charge in [0.15, 0.2) is 0 Å². The van der Waals surface area contributed by atoms with Gasteiger partial charge in [0.1, 0.15) is 0 Å². The van der Waals surface area contributed by atoms with E-state index in [0.717, 1.165) is 57.2 Å². The summed E-state index contributed by atoms with van der Waals surface area (Å²) in [5, 5.41) is 22.9. The van der Waals surface area contributed by atoms with E-state index in [2.05, 4.69) is 125 Å². The molecule has 2 atom stereocenters. The second-order valence-electron chi connectivity index (χ2n) is 13.2. The molecular weight excluding hydrogens is 671 g/mol. The number of benzene rings is 5. The minimum atomic E-state index is 0.207. The molecule has 2 aliphatic rings. The van der Waals surface area contributed by atoms with Crippen LogP contribution in [0.4, 0.5) is 11.4 Å². The number of halogens is 2. The summed E-state index contributed by atoms with van der Waals surface area (Å²) in [5.74, 6) is 0. The van der Waals surface area contributed by atoms with Gasteiger partial charge in [0.05, 0.1) is 56.8 Å². The number of aryl methyl sites for hydroxylation is 2. The Morgan fingerprint density at radius 2 is 1.18 bits per heavy atom. The van der Waals surface area contributed by atoms with Gasteiger partial charge in [-0.25, -0.2) is 0 Å². The van der Waals surface area contributed by atoms with Crippen LogP contribution in [0.15, 0.2) is 115 Å². The van der Waals surface area contributed by atoms with Crippen LogP contribution in [0, 0.1) is 36.5 Å². The first kappa shape index (κ1) is 36.0. The van der Waals surface area contributed by atoms with E-state index >= 15 is 0 Å². The largest absolute Gasteiger partial charge is 0.361 e. The van der Waals surface area contributed by atoms with Gasteiger partial charge in [-0.3, -0.25) is 4.90 Å². The molecule has 0 unspecified atom stereocenters. The van der Waals surface area contributed by atoms with Crippen LogP contribution in [0.1, 0.15) is 51.0 Å². The molecule has 258 valence electrons. The van der Waals surface area contributed by atoms with Crippen molar-refractivity contribution in [3.8, 4) is 12.1 Å². The fraction of sp³-hybridized carbons (Fsp3) is 0.256. The Balaban J connectivity index is 0.000000183. The summed E-state index contributed by atoms with van der Waals surface area (Å²) in [6.45, 7) is 10.6. The van der Waals surface area contributed by atoms with Crippen LogP contribution in [0.3, 0.4) is 0 Å². The van der Waals surface area contributed by atoms with Crippen molar-refractivity contribution in [2.75, 3.05) is 49.1 Å². The highest BCUT2D eigenvalue weighted by Crippen LogP contribution is 2.37. The molecule has 5 aromatic rings. The molecule has 2 aliphatic heterocycles. The number of rotatable bonds is 6. The van der Waals surface area contributed by atoms with Crippen LogP contribution >= 0.6 is 23.2 Å². The van der Waals surface area contributed by atoms with E-state index in [-0.39, 0.29) is 12.1 Å². The molecule has 0 aromatic heterocycles. The average Bonchev–Trinajstić information content (AvgIpc) is 3.16. The summed E-state index contributed by atoms with van der Waals surface area (Å²) in [6.07, 6.45) is 0. The topological polar surface area (TPSA) is 69.3 Å². The van der Waals surface area contributed by atoms with Gasteiger partial charge in [-0.05, 0) is 66.9 Å². The zero-order valence-corrected chi connectivity index (χ0v) is 30.6. The molecule has 0 bridgehead atoms. The van der Waals surface area contributed by atoms with Gasteiger partial charge in [0, 0.05) is 45.8 Å². The molecule has 0 saturated carbocycles. The Morgan fingerprint density at radius 1 is 0.647 bits per heavy atom. The monoisotopic (exact) mass is 712 g/mol. The van der Waals surface area contributed by atoms with E-state index in [9.17, 15) is 0 Å². The molecule has 2 saturated heterocycles. The predicted molar refractivity (Wildman–Crippen MR) is 209 cm³/mol. The fourth-order valence-corrected chi connectivity index (χ4v) is 7.46. The molecule has 8 heteroatoms. The third-order valence-corrected chi connectivity index (χ3v) is 10.3. The van der Waals surface area contributed by atoms with Crippen molar-refractivity contribution in [1.29, 1.82) is 10.5 Å². The lowest BCUT2D eigenvalue weighted by atomic mass is 9.99. The highest BCUT2D eigenvalue weighted by molar-refractivity contribution is 6.33. The molecule has 2 heterocycles. The van der Waals surface area contributed by atoms with Crippen LogP contribution in [0.25, 0.3) is 0 Å². The fourth-order valence-electron chi connectivity index (χ4n) is 6.88. The van der Waals surface area contributed by atoms with E-state index in [0.29, 0.717) is 21.2 Å². The average molecular weight is 714 g/mol. The van der Waals surface area contributed by atoms with Crippen molar-refractivity contribution in [3.05, 3.63) is 164 Å². The standard InChI is InChI=1S/C25H24ClN3.C18H18ClN3/c1-19-7-10-22(11-8-19)25-18-28(17-20-5-3-2-4-6-20)13-14-29(25)24-12-9-21(16-27)15-23(24)26;1-13-2-5-15(6-3-13)18-12-21-8-9-22(18)17-7-4-14(11-20)10-16(17)19/h2-12,15,25H,13-14,17-18H2,1H3;2-7,10,18,21H,8-9,12H2,1H3/t25-;18-/m00/s1. The van der Waals surface area contributed by atoms with Gasteiger partial charge >= 0.3 is 0 Å². The summed E-state index contributed by atoms with van der Waals surface area (Å²) in [5.41, 5.74) is 9.59. The van der Waals surface area contributed by atoms with Crippen molar-refractivity contribution < 1.29 is 0 Å². The van der Waals surface area contributed by atoms with E-state index in [4.69, 9.17) is 33.7 Å². The van der Waals surface area contributed by atoms with Gasteiger partial charge in [-0.15, -0.1) is 0 Å². The highest BCUT2D eigenvalue weighted by atomic mass is 35.5. The maximum Gasteiger partial charge on any atom is 0.0992 e. The van der Waals surface area contributed by atoms with Crippen LogP contribution in [0.5, 0.6) is 0 Å². The Hall–Kier alpha value is -4.82. The van der Waals surface area contributed by atoms with Crippen molar-refractivity contribution in [1.82, 2.24) is 10.2 Å². The second kappa shape index (κ2) is 16.9. The Labute approximate surface area is 312 Å². The van der Waals surface area contributed by atoms with Gasteiger partial charge in [0.2, 0.25) is 0 Å². The number of nitriles is 2. The van der Waals surface area contributed by atoms with Crippen molar-refractivity contribution in [2.24, 2.45) is 0 Å². The molecule has 51 heavy (non-hydrogen) atoms. The summed E-state index contributed by atoms with van der Waals surface area (Å²) in [7, 11) is 0. The second-order valence-corrected chi connectivity index (χ2v) is 14.0. The number of hydrogen-bond donors (Lipinski definition) is 1. The Bertz CT molecular complexity index is 2000. The van der Waals surface area contributed by atoms with Gasteiger partial charge in [-0.2, -0.15) is 10.5 Å². The molecular formula is C43H42Cl2N6. The van der Waals surface area contributed by atoms with Crippen LogP contribution in [-0.2, 0) is 6.54 Å². The number of nitrogens with one attached hydrogen (secondary N) is 1. The first-order valence-electron chi connectivity index (χ1n) is 17.4. The molecule has 2 fully saturated rings. The zero-order valence-electron chi connectivity index (χ0n) is 29.1. The minimum absolute atomic E-state index is 0.207. The van der Waals surface area contributed by atoms with Crippen molar-refractivity contribution in [3.63, 3.8) is 0 Å². The lowest BCUT2D eigenvalue weighted by molar-refractivity contribution is 0.215. The summed E-state index contributed by atoms with van der Waals surface area (Å²) < 4.78 is 0. The molecule has 1 N–H and O–H groups in total. The summed E-state index contributed by atoms with van der Waals surface area (Å²) >= 11 is 13.0. The maximum absolute atomic E-state index is 9.17. The lowest BCUT2D eigenvalue weighted by Gasteiger charge is -2.43. The predicted octanol–water partition coefficient (Wildman–Crippen LogP) is 9.25. The molecule has 0 amide bonds. The summed E-state index contributed by atoms with van der Waals surface area (Å²) in [4.78, 5) is 7.22. The number of hydrogen-bond acceptors (Lipinski definition) is 6. The Kier molecular flexibility index (Phi) is 11.9. The van der Waals surface area contributed by atoms with E-state index < -0.39 is 0 Å². The van der Waals surface area contributed by atoms with Crippen LogP contribution in [0.2, 0.25) is 10.0 Å². The first-order chi connectivity index (χ1) is 24.8. The number of piperazine rings is 2. The van der Waals surface area contributed by atoms with E-state index in [1.807, 2.05) is 24.3 Å². The third kappa shape index (κ3) is 8.92. The smallest absolute Gasteiger partial charge is 0.0992 e. The third-order valence-electron chi connectivity index (χ3n) is 9.65. The highest BCUT2D eigenvalue weighted by Gasteiger charge is 2.30. The van der Waals surface area contributed by atoms with Crippen molar-refractivity contribution >= 4 is 34.6 Å². The van der Waals surface area contributed by atoms with Crippen LogP contribution < -0.4 is 15.1 Å². The normalized spacial score (nSPS) is 17.5. The van der Waals surface area contributed by atoms with Crippen molar-refractivity contribution in [2.45, 2.75) is 32.5 Å². The Morgan fingerprint density at radius 3 is 1.71 bits per heavy atom. The van der Waals surface area contributed by atoms with E-state index in [1.54, 1.807) is 12.1 Å². The van der Waals surface area contributed by atoms with Gasteiger partial charge in [-0.1, -0.05) is 113 Å². The van der Waals surface area contributed by atoms with Gasteiger partial charge in [0.25, 0.3) is 0 Å². The maximum atomic E-state index is 9.17. The zero-order chi connectivity index (χ0) is 35.7. The van der Waals surface area contributed by atoms with Crippen LogP contribution in [-0.4, -0.2) is 44.2 Å². The minimum Gasteiger partial charge on any atom is -0.361 e. The molecule has 5 aromatic carbocycles. The first-order valence-corrected chi connectivity index (χ1v) is 18.1. The molecule has 0 spiro atoms. The molecule has 0 radical (unpaired) electrons. The SMILES string of the molecule is Cc1ccc([C@@H]2CN(Cc3ccccc3)CCN2c2ccc(C#N)cc2Cl)cc1.Cc1ccc([C@@H]2CNCCN2c2ccc(C#N)cc2Cl)cc1. The molecule has 0 aliphatic carbocycles. The number of nitrogens with zero attached hydrogens (tertiary/aromatic N) is 5.